The van der Waals surface area contributed by atoms with Crippen LogP contribution < -0.4 is 16.2 Å². The molecule has 0 amide bonds. The molecule has 0 atom stereocenters. The maximum Gasteiger partial charge on any atom is 0.221 e. The zero-order chi connectivity index (χ0) is 14.0. The minimum atomic E-state index is -0.00402. The van der Waals surface area contributed by atoms with E-state index in [1.165, 1.54) is 0 Å². The Balaban J connectivity index is 2.36. The molecule has 1 heterocycles. The number of para-hydroxylation sites is 1. The molecule has 0 aliphatic carbocycles. The normalized spacial score (nSPS) is 11.3. The van der Waals surface area contributed by atoms with Crippen molar-refractivity contribution >= 4 is 11.5 Å². The van der Waals surface area contributed by atoms with Gasteiger partial charge in [-0.05, 0) is 17.5 Å². The number of ether oxygens (including phenoxy) is 1. The highest BCUT2D eigenvalue weighted by Crippen LogP contribution is 2.33. The van der Waals surface area contributed by atoms with Crippen LogP contribution in [0.2, 0.25) is 0 Å². The van der Waals surface area contributed by atoms with Gasteiger partial charge in [0.25, 0.3) is 0 Å². The summed E-state index contributed by atoms with van der Waals surface area (Å²) in [4.78, 5) is 4.12. The third kappa shape index (κ3) is 2.96. The fourth-order valence-electron chi connectivity index (χ4n) is 1.81. The lowest BCUT2D eigenvalue weighted by Crippen LogP contribution is -2.12. The van der Waals surface area contributed by atoms with Crippen molar-refractivity contribution in [2.45, 2.75) is 26.2 Å². The Labute approximate surface area is 113 Å². The summed E-state index contributed by atoms with van der Waals surface area (Å²) in [5, 5.41) is 0. The Bertz CT molecular complexity index is 588. The molecule has 0 spiro atoms. The first-order chi connectivity index (χ1) is 8.88. The van der Waals surface area contributed by atoms with Crippen molar-refractivity contribution in [3.8, 4) is 11.6 Å². The van der Waals surface area contributed by atoms with Gasteiger partial charge >= 0.3 is 0 Å². The van der Waals surface area contributed by atoms with Gasteiger partial charge in [0.05, 0.1) is 5.69 Å². The molecule has 0 saturated heterocycles. The molecule has 0 saturated carbocycles. The van der Waals surface area contributed by atoms with Crippen LogP contribution >= 0.6 is 0 Å². The maximum absolute atomic E-state index is 5.83. The van der Waals surface area contributed by atoms with Gasteiger partial charge in [-0.25, -0.2) is 0 Å². The van der Waals surface area contributed by atoms with E-state index < -0.39 is 0 Å². The number of nitrogens with two attached hydrogens (primary N) is 2. The average molecular weight is 257 g/mol. The van der Waals surface area contributed by atoms with Crippen molar-refractivity contribution < 1.29 is 4.74 Å². The first kappa shape index (κ1) is 13.2. The number of nitrogen functional groups attached to an aromatic ring is 2. The van der Waals surface area contributed by atoms with Crippen LogP contribution in [-0.2, 0) is 5.41 Å². The number of nitrogens with zero attached hydrogens (tertiary/aromatic N) is 1. The quantitative estimate of drug-likeness (QED) is 0.865. The monoisotopic (exact) mass is 257 g/mol. The molecule has 2 rings (SSSR count). The van der Waals surface area contributed by atoms with Crippen molar-refractivity contribution in [1.29, 1.82) is 0 Å². The minimum absolute atomic E-state index is 0.00402. The summed E-state index contributed by atoms with van der Waals surface area (Å²) in [7, 11) is 0. The van der Waals surface area contributed by atoms with Gasteiger partial charge < -0.3 is 16.2 Å². The Morgan fingerprint density at radius 1 is 1.00 bits per heavy atom. The predicted octanol–water partition coefficient (Wildman–Crippen LogP) is 3.34. The van der Waals surface area contributed by atoms with Crippen molar-refractivity contribution in [2.24, 2.45) is 0 Å². The molecule has 0 fully saturated rings. The molecule has 4 N–H and O–H groups in total. The van der Waals surface area contributed by atoms with Crippen LogP contribution in [0.5, 0.6) is 11.6 Å². The van der Waals surface area contributed by atoms with Gasteiger partial charge in [-0.2, -0.15) is 4.98 Å². The van der Waals surface area contributed by atoms with Gasteiger partial charge in [0, 0.05) is 11.6 Å². The largest absolute Gasteiger partial charge is 0.439 e. The standard InChI is InChI=1S/C15H19N3O/c1-15(2,3)10-6-4-5-7-12(10)19-13-9-8-11(16)14(17)18-13/h4-9H,16H2,1-3H3,(H2,17,18). The Kier molecular flexibility index (Phi) is 3.34. The van der Waals surface area contributed by atoms with Crippen LogP contribution in [0.1, 0.15) is 26.3 Å². The van der Waals surface area contributed by atoms with Gasteiger partial charge in [-0.3, -0.25) is 0 Å². The highest BCUT2D eigenvalue weighted by Gasteiger charge is 2.19. The highest BCUT2D eigenvalue weighted by molar-refractivity contribution is 5.59. The third-order valence-electron chi connectivity index (χ3n) is 2.84. The summed E-state index contributed by atoms with van der Waals surface area (Å²) >= 11 is 0. The van der Waals surface area contributed by atoms with Crippen LogP contribution in [-0.4, -0.2) is 4.98 Å². The lowest BCUT2D eigenvalue weighted by Gasteiger charge is -2.22. The van der Waals surface area contributed by atoms with E-state index in [1.807, 2.05) is 18.2 Å². The molecule has 0 aliphatic heterocycles. The second-order valence-corrected chi connectivity index (χ2v) is 5.47. The third-order valence-corrected chi connectivity index (χ3v) is 2.84. The van der Waals surface area contributed by atoms with Gasteiger partial charge in [0.2, 0.25) is 5.88 Å². The first-order valence-corrected chi connectivity index (χ1v) is 6.17. The van der Waals surface area contributed by atoms with Gasteiger partial charge in [0.1, 0.15) is 5.75 Å². The van der Waals surface area contributed by atoms with E-state index in [0.29, 0.717) is 11.6 Å². The molecule has 0 radical (unpaired) electrons. The molecule has 1 aromatic carbocycles. The molecule has 4 nitrogen and oxygen atoms in total. The van der Waals surface area contributed by atoms with E-state index >= 15 is 0 Å². The molecule has 0 unspecified atom stereocenters. The molecular weight excluding hydrogens is 238 g/mol. The van der Waals surface area contributed by atoms with E-state index in [2.05, 4.69) is 31.8 Å². The predicted molar refractivity (Wildman–Crippen MR) is 78.3 cm³/mol. The van der Waals surface area contributed by atoms with E-state index in [-0.39, 0.29) is 11.2 Å². The van der Waals surface area contributed by atoms with Crippen LogP contribution in [0.4, 0.5) is 11.5 Å². The summed E-state index contributed by atoms with van der Waals surface area (Å²) < 4.78 is 5.83. The molecule has 4 heteroatoms. The zero-order valence-corrected chi connectivity index (χ0v) is 11.5. The first-order valence-electron chi connectivity index (χ1n) is 6.17. The molecule has 0 aliphatic rings. The van der Waals surface area contributed by atoms with E-state index in [1.54, 1.807) is 12.1 Å². The number of hydrogen-bond donors (Lipinski definition) is 2. The average Bonchev–Trinajstić information content (AvgIpc) is 2.33. The smallest absolute Gasteiger partial charge is 0.221 e. The van der Waals surface area contributed by atoms with Crippen molar-refractivity contribution in [1.82, 2.24) is 4.98 Å². The second kappa shape index (κ2) is 4.80. The molecule has 19 heavy (non-hydrogen) atoms. The van der Waals surface area contributed by atoms with Gasteiger partial charge in [-0.1, -0.05) is 39.0 Å². The van der Waals surface area contributed by atoms with Crippen LogP contribution in [0.3, 0.4) is 0 Å². The molecule has 0 bridgehead atoms. The summed E-state index contributed by atoms with van der Waals surface area (Å²) in [5.74, 6) is 1.51. The molecule has 1 aromatic heterocycles. The fraction of sp³-hybridized carbons (Fsp3) is 0.267. The van der Waals surface area contributed by atoms with Crippen LogP contribution in [0.15, 0.2) is 36.4 Å². The topological polar surface area (TPSA) is 74.2 Å². The van der Waals surface area contributed by atoms with Crippen molar-refractivity contribution in [3.05, 3.63) is 42.0 Å². The number of rotatable bonds is 2. The van der Waals surface area contributed by atoms with Gasteiger partial charge in [0.15, 0.2) is 5.82 Å². The molecule has 100 valence electrons. The van der Waals surface area contributed by atoms with E-state index in [0.717, 1.165) is 11.3 Å². The second-order valence-electron chi connectivity index (χ2n) is 5.47. The lowest BCUT2D eigenvalue weighted by molar-refractivity contribution is 0.441. The Hall–Kier alpha value is -2.23. The summed E-state index contributed by atoms with van der Waals surface area (Å²) in [6.45, 7) is 6.42. The number of aromatic nitrogens is 1. The Morgan fingerprint density at radius 3 is 2.32 bits per heavy atom. The van der Waals surface area contributed by atoms with Crippen LogP contribution in [0, 0.1) is 0 Å². The summed E-state index contributed by atoms with van der Waals surface area (Å²) in [5.41, 5.74) is 12.9. The molecule has 2 aromatic rings. The summed E-state index contributed by atoms with van der Waals surface area (Å²) in [6.07, 6.45) is 0. The number of pyridine rings is 1. The SMILES string of the molecule is CC(C)(C)c1ccccc1Oc1ccc(N)c(N)n1. The molecular formula is C15H19N3O. The lowest BCUT2D eigenvalue weighted by atomic mass is 9.86. The number of hydrogen-bond acceptors (Lipinski definition) is 4. The minimum Gasteiger partial charge on any atom is -0.439 e. The van der Waals surface area contributed by atoms with Crippen molar-refractivity contribution in [3.63, 3.8) is 0 Å². The van der Waals surface area contributed by atoms with Gasteiger partial charge in [-0.15, -0.1) is 0 Å². The maximum atomic E-state index is 5.83. The highest BCUT2D eigenvalue weighted by atomic mass is 16.5. The fourth-order valence-corrected chi connectivity index (χ4v) is 1.81. The van der Waals surface area contributed by atoms with E-state index in [4.69, 9.17) is 16.2 Å². The number of benzene rings is 1. The zero-order valence-electron chi connectivity index (χ0n) is 11.5. The van der Waals surface area contributed by atoms with E-state index in [9.17, 15) is 0 Å². The summed E-state index contributed by atoms with van der Waals surface area (Å²) in [6, 6.07) is 11.3. The number of anilines is 2. The van der Waals surface area contributed by atoms with Crippen LogP contribution in [0.25, 0.3) is 0 Å². The van der Waals surface area contributed by atoms with Crippen molar-refractivity contribution in [2.75, 3.05) is 11.5 Å². The Morgan fingerprint density at radius 2 is 1.68 bits per heavy atom.